The van der Waals surface area contributed by atoms with Gasteiger partial charge in [0.25, 0.3) is 0 Å². The molecular formula is C16H12N2O. The molecule has 0 radical (unpaired) electrons. The Bertz CT molecular complexity index is 746. The van der Waals surface area contributed by atoms with Crippen molar-refractivity contribution in [1.29, 1.82) is 0 Å². The molecule has 2 aromatic rings. The van der Waals surface area contributed by atoms with Crippen molar-refractivity contribution in [1.82, 2.24) is 0 Å². The van der Waals surface area contributed by atoms with Gasteiger partial charge in [-0.25, -0.2) is 4.99 Å². The van der Waals surface area contributed by atoms with Gasteiger partial charge in [-0.3, -0.25) is 4.79 Å². The summed E-state index contributed by atoms with van der Waals surface area (Å²) in [5.41, 5.74) is 4.98. The largest absolute Gasteiger partial charge is 0.318 e. The number of carbonyl (C=O) groups is 1. The van der Waals surface area contributed by atoms with Gasteiger partial charge >= 0.3 is 0 Å². The number of ketones is 1. The monoisotopic (exact) mass is 248 g/mol. The number of nitrogens with zero attached hydrogens (tertiary/aromatic N) is 2. The van der Waals surface area contributed by atoms with Crippen molar-refractivity contribution in [3.63, 3.8) is 0 Å². The molecule has 2 heterocycles. The van der Waals surface area contributed by atoms with E-state index in [-0.39, 0.29) is 5.78 Å². The van der Waals surface area contributed by atoms with E-state index in [2.05, 4.69) is 11.1 Å². The third-order valence-corrected chi connectivity index (χ3v) is 3.76. The zero-order valence-electron chi connectivity index (χ0n) is 10.6. The molecule has 0 aromatic heterocycles. The van der Waals surface area contributed by atoms with Crippen LogP contribution in [0.5, 0.6) is 0 Å². The fraction of sp³-hybridized carbons (Fsp3) is 0.125. The minimum atomic E-state index is 0.0354. The van der Waals surface area contributed by atoms with Gasteiger partial charge in [0.05, 0.1) is 17.9 Å². The second-order valence-corrected chi connectivity index (χ2v) is 4.95. The molecule has 0 unspecified atom stereocenters. The zero-order valence-corrected chi connectivity index (χ0v) is 10.6. The Labute approximate surface area is 111 Å². The molecule has 0 saturated carbocycles. The summed E-state index contributed by atoms with van der Waals surface area (Å²) >= 11 is 0. The molecule has 4 rings (SSSR count). The van der Waals surface area contributed by atoms with E-state index >= 15 is 0 Å². The summed E-state index contributed by atoms with van der Waals surface area (Å²) in [6, 6.07) is 13.8. The predicted octanol–water partition coefficient (Wildman–Crippen LogP) is 3.24. The number of rotatable bonds is 0. The highest BCUT2D eigenvalue weighted by atomic mass is 16.1. The molecule has 92 valence electrons. The van der Waals surface area contributed by atoms with Gasteiger partial charge in [-0.05, 0) is 30.2 Å². The first-order chi connectivity index (χ1) is 9.25. The van der Waals surface area contributed by atoms with E-state index in [0.717, 1.165) is 34.6 Å². The second kappa shape index (κ2) is 3.54. The van der Waals surface area contributed by atoms with Gasteiger partial charge in [-0.2, -0.15) is 0 Å². The van der Waals surface area contributed by atoms with Crippen LogP contribution in [0.3, 0.4) is 0 Å². The molecule has 0 fully saturated rings. The minimum absolute atomic E-state index is 0.0354. The first kappa shape index (κ1) is 10.5. The Morgan fingerprint density at radius 2 is 1.95 bits per heavy atom. The van der Waals surface area contributed by atoms with Crippen LogP contribution in [0.2, 0.25) is 0 Å². The Hall–Kier alpha value is -2.42. The van der Waals surface area contributed by atoms with E-state index in [0.29, 0.717) is 5.84 Å². The summed E-state index contributed by atoms with van der Waals surface area (Å²) in [5.74, 6) is 0.594. The highest BCUT2D eigenvalue weighted by molar-refractivity contribution is 6.55. The Morgan fingerprint density at radius 1 is 1.11 bits per heavy atom. The zero-order chi connectivity index (χ0) is 13.0. The lowest BCUT2D eigenvalue weighted by molar-refractivity contribution is 0.106. The van der Waals surface area contributed by atoms with Gasteiger partial charge in [0.2, 0.25) is 5.78 Å². The lowest BCUT2D eigenvalue weighted by Crippen LogP contribution is -2.32. The van der Waals surface area contributed by atoms with Crippen molar-refractivity contribution in [3.05, 3.63) is 59.2 Å². The lowest BCUT2D eigenvalue weighted by Gasteiger charge is -2.25. The van der Waals surface area contributed by atoms with Crippen molar-refractivity contribution < 1.29 is 4.79 Å². The number of fused-ring (bicyclic) bond motifs is 4. The van der Waals surface area contributed by atoms with Crippen molar-refractivity contribution >= 4 is 23.0 Å². The first-order valence-electron chi connectivity index (χ1n) is 6.34. The summed E-state index contributed by atoms with van der Waals surface area (Å²) < 4.78 is 0. The fourth-order valence-electron chi connectivity index (χ4n) is 2.85. The van der Waals surface area contributed by atoms with E-state index < -0.39 is 0 Å². The minimum Gasteiger partial charge on any atom is -0.318 e. The molecule has 2 aliphatic rings. The number of hydrogen-bond acceptors (Lipinski definition) is 3. The molecule has 0 aliphatic carbocycles. The molecule has 0 bridgehead atoms. The number of aliphatic imine (C=N–C) groups is 1. The number of aryl methyl sites for hydroxylation is 1. The molecule has 0 atom stereocenters. The fourth-order valence-corrected chi connectivity index (χ4v) is 2.85. The normalized spacial score (nSPS) is 15.7. The van der Waals surface area contributed by atoms with E-state index in [4.69, 9.17) is 0 Å². The molecule has 0 amide bonds. The third-order valence-electron chi connectivity index (χ3n) is 3.76. The summed E-state index contributed by atoms with van der Waals surface area (Å²) in [6.45, 7) is 2.76. The van der Waals surface area contributed by atoms with Crippen LogP contribution in [0.1, 0.15) is 21.5 Å². The maximum Gasteiger partial charge on any atom is 0.230 e. The standard InChI is InChI=1S/C16H12N2O/c1-10-5-4-7-12-14(10)18-9-11-6-2-3-8-13(11)17-16(18)15(12)19/h2-8H,9H2,1H3. The van der Waals surface area contributed by atoms with Crippen LogP contribution in [-0.2, 0) is 6.54 Å². The van der Waals surface area contributed by atoms with Gasteiger partial charge < -0.3 is 4.90 Å². The van der Waals surface area contributed by atoms with Gasteiger partial charge in [0.15, 0.2) is 5.84 Å². The number of amidine groups is 1. The summed E-state index contributed by atoms with van der Waals surface area (Å²) in [5, 5.41) is 0. The Balaban J connectivity index is 1.97. The van der Waals surface area contributed by atoms with Crippen molar-refractivity contribution in [3.8, 4) is 0 Å². The van der Waals surface area contributed by atoms with Crippen LogP contribution in [0.25, 0.3) is 0 Å². The topological polar surface area (TPSA) is 32.7 Å². The average molecular weight is 248 g/mol. The maximum absolute atomic E-state index is 12.4. The van der Waals surface area contributed by atoms with Gasteiger partial charge in [0, 0.05) is 5.56 Å². The van der Waals surface area contributed by atoms with Crippen LogP contribution >= 0.6 is 0 Å². The lowest BCUT2D eigenvalue weighted by atomic mass is 10.1. The van der Waals surface area contributed by atoms with Crippen LogP contribution in [-0.4, -0.2) is 11.6 Å². The first-order valence-corrected chi connectivity index (χ1v) is 6.34. The molecule has 2 aromatic carbocycles. The highest BCUT2D eigenvalue weighted by Gasteiger charge is 2.37. The molecule has 19 heavy (non-hydrogen) atoms. The third kappa shape index (κ3) is 1.32. The maximum atomic E-state index is 12.4. The molecule has 0 N–H and O–H groups in total. The van der Waals surface area contributed by atoms with E-state index in [1.165, 1.54) is 0 Å². The van der Waals surface area contributed by atoms with Gasteiger partial charge in [0.1, 0.15) is 0 Å². The number of Topliss-reactive ketones (excluding diaryl/α,β-unsaturated/α-hetero) is 1. The molecule has 0 spiro atoms. The summed E-state index contributed by atoms with van der Waals surface area (Å²) in [4.78, 5) is 19.0. The Kier molecular flexibility index (Phi) is 1.96. The molecule has 3 nitrogen and oxygen atoms in total. The number of carbonyl (C=O) groups excluding carboxylic acids is 1. The number of benzene rings is 2. The molecule has 3 heteroatoms. The van der Waals surface area contributed by atoms with Crippen molar-refractivity contribution in [2.24, 2.45) is 4.99 Å². The van der Waals surface area contributed by atoms with Gasteiger partial charge in [-0.1, -0.05) is 30.3 Å². The number of anilines is 1. The predicted molar refractivity (Wildman–Crippen MR) is 75.2 cm³/mol. The van der Waals surface area contributed by atoms with Crippen molar-refractivity contribution in [2.45, 2.75) is 13.5 Å². The van der Waals surface area contributed by atoms with E-state index in [1.54, 1.807) is 0 Å². The summed E-state index contributed by atoms with van der Waals surface area (Å²) in [7, 11) is 0. The van der Waals surface area contributed by atoms with Crippen LogP contribution in [0, 0.1) is 6.92 Å². The van der Waals surface area contributed by atoms with Gasteiger partial charge in [-0.15, -0.1) is 0 Å². The van der Waals surface area contributed by atoms with Crippen molar-refractivity contribution in [2.75, 3.05) is 4.90 Å². The molecular weight excluding hydrogens is 236 g/mol. The smallest absolute Gasteiger partial charge is 0.230 e. The quantitative estimate of drug-likeness (QED) is 0.717. The molecule has 0 saturated heterocycles. The Morgan fingerprint density at radius 3 is 2.84 bits per heavy atom. The second-order valence-electron chi connectivity index (χ2n) is 4.95. The van der Waals surface area contributed by atoms with Crippen LogP contribution < -0.4 is 4.90 Å². The molecule has 2 aliphatic heterocycles. The van der Waals surface area contributed by atoms with Crippen LogP contribution in [0.15, 0.2) is 47.5 Å². The van der Waals surface area contributed by atoms with E-state index in [1.807, 2.05) is 48.2 Å². The van der Waals surface area contributed by atoms with Crippen LogP contribution in [0.4, 0.5) is 11.4 Å². The number of hydrogen-bond donors (Lipinski definition) is 0. The summed E-state index contributed by atoms with van der Waals surface area (Å²) in [6.07, 6.45) is 0. The highest BCUT2D eigenvalue weighted by Crippen LogP contribution is 2.38. The van der Waals surface area contributed by atoms with E-state index in [9.17, 15) is 4.79 Å². The SMILES string of the molecule is Cc1cccc2c1N1Cc3ccccc3N=C1C2=O. The number of para-hydroxylation sites is 2. The average Bonchev–Trinajstić information content (AvgIpc) is 2.71.